The number of fused-ring (bicyclic) bond motifs is 1. The van der Waals surface area contributed by atoms with Gasteiger partial charge in [-0.05, 0) is 37.5 Å². The summed E-state index contributed by atoms with van der Waals surface area (Å²) in [6.07, 6.45) is 3.71. The number of hydrogen-bond acceptors (Lipinski definition) is 6. The van der Waals surface area contributed by atoms with Crippen molar-refractivity contribution in [1.29, 1.82) is 0 Å². The number of anilines is 1. The lowest BCUT2D eigenvalue weighted by Gasteiger charge is -2.30. The van der Waals surface area contributed by atoms with E-state index in [4.69, 9.17) is 11.5 Å². The van der Waals surface area contributed by atoms with E-state index in [0.717, 1.165) is 36.6 Å². The highest BCUT2D eigenvalue weighted by Crippen LogP contribution is 2.28. The van der Waals surface area contributed by atoms with E-state index in [1.54, 1.807) is 30.3 Å². The van der Waals surface area contributed by atoms with E-state index in [9.17, 15) is 14.7 Å². The number of aromatic nitrogens is 2. The lowest BCUT2D eigenvalue weighted by atomic mass is 9.90. The number of nitrogens with two attached hydrogens (primary N) is 2. The zero-order chi connectivity index (χ0) is 24.9. The van der Waals surface area contributed by atoms with Gasteiger partial charge in [-0.25, -0.2) is 19.8 Å². The fourth-order valence-electron chi connectivity index (χ4n) is 4.38. The molecule has 0 bridgehead atoms. The fraction of sp³-hybridized carbons (Fsp3) is 0.320. The van der Waals surface area contributed by atoms with Crippen LogP contribution in [0.5, 0.6) is 0 Å². The molecule has 3 aromatic rings. The average Bonchev–Trinajstić information content (AvgIpc) is 2.83. The Bertz CT molecular complexity index is 1260. The van der Waals surface area contributed by atoms with Crippen molar-refractivity contribution >= 4 is 34.6 Å². The highest BCUT2D eigenvalue weighted by Gasteiger charge is 2.28. The molecule has 1 saturated carbocycles. The molecule has 1 fully saturated rings. The maximum Gasteiger partial charge on any atom is 0.330 e. The van der Waals surface area contributed by atoms with Gasteiger partial charge in [-0.3, -0.25) is 4.79 Å². The fourth-order valence-corrected chi connectivity index (χ4v) is 4.38. The van der Waals surface area contributed by atoms with E-state index < -0.39 is 17.9 Å². The quantitative estimate of drug-likeness (QED) is 0.256. The average molecular weight is 476 g/mol. The summed E-state index contributed by atoms with van der Waals surface area (Å²) in [6.45, 7) is 1.96. The first-order chi connectivity index (χ1) is 16.8. The van der Waals surface area contributed by atoms with Gasteiger partial charge in [0.2, 0.25) is 5.82 Å². The van der Waals surface area contributed by atoms with E-state index in [2.05, 4.69) is 25.6 Å². The molecule has 1 heterocycles. The molecule has 0 saturated heterocycles. The Morgan fingerprint density at radius 2 is 1.83 bits per heavy atom. The van der Waals surface area contributed by atoms with Crippen molar-refractivity contribution in [3.05, 3.63) is 65.5 Å². The van der Waals surface area contributed by atoms with Crippen molar-refractivity contribution in [3.63, 3.8) is 0 Å². The number of carbonyl (C=O) groups is 2. The van der Waals surface area contributed by atoms with E-state index >= 15 is 0 Å². The summed E-state index contributed by atoms with van der Waals surface area (Å²) in [5.74, 6) is -1.47. The molecule has 3 atom stereocenters. The minimum Gasteiger partial charge on any atom is -0.479 e. The van der Waals surface area contributed by atoms with Crippen LogP contribution in [0.2, 0.25) is 0 Å². The standard InChI is InChI=1S/C25H29N7O3/c1-14-11-12-17-16(13-14)21(29-18-9-5-6-10-19(18)30-25(26)27)32-22(28-17)23(33)31-20(24(34)35)15-7-3-2-4-8-15/h2-4,7-8,11-13,18-20H,5-6,9-10H2,1H3,(H,31,33)(H,34,35)(H4,26,27,30)(H,28,29,32)/t18?,19?,20-/m1/s1. The van der Waals surface area contributed by atoms with Crippen molar-refractivity contribution in [3.8, 4) is 0 Å². The van der Waals surface area contributed by atoms with Gasteiger partial charge in [0.1, 0.15) is 5.82 Å². The van der Waals surface area contributed by atoms with Crippen molar-refractivity contribution < 1.29 is 14.7 Å². The van der Waals surface area contributed by atoms with Crippen molar-refractivity contribution in [2.75, 3.05) is 5.32 Å². The Morgan fingerprint density at radius 3 is 2.54 bits per heavy atom. The van der Waals surface area contributed by atoms with Crippen LogP contribution in [0, 0.1) is 6.92 Å². The van der Waals surface area contributed by atoms with Gasteiger partial charge in [0.05, 0.1) is 17.6 Å². The number of benzene rings is 2. The highest BCUT2D eigenvalue weighted by atomic mass is 16.4. The number of carbonyl (C=O) groups excluding carboxylic acids is 1. The lowest BCUT2D eigenvalue weighted by molar-refractivity contribution is -0.139. The number of guanidine groups is 1. The normalized spacial score (nSPS) is 18.4. The van der Waals surface area contributed by atoms with Crippen molar-refractivity contribution in [2.45, 2.75) is 50.7 Å². The molecule has 1 amide bonds. The van der Waals surface area contributed by atoms with Gasteiger partial charge in [-0.1, -0.05) is 54.8 Å². The van der Waals surface area contributed by atoms with Crippen molar-refractivity contribution in [1.82, 2.24) is 15.3 Å². The number of carboxylic acid groups (broad SMARTS) is 1. The monoisotopic (exact) mass is 475 g/mol. The molecule has 0 aliphatic heterocycles. The first-order valence-electron chi connectivity index (χ1n) is 11.5. The summed E-state index contributed by atoms with van der Waals surface area (Å²) >= 11 is 0. The number of nitrogens with zero attached hydrogens (tertiary/aromatic N) is 3. The number of nitrogens with one attached hydrogen (secondary N) is 2. The third-order valence-corrected chi connectivity index (χ3v) is 6.08. The summed E-state index contributed by atoms with van der Waals surface area (Å²) < 4.78 is 0. The molecular weight excluding hydrogens is 446 g/mol. The Kier molecular flexibility index (Phi) is 7.09. The summed E-state index contributed by atoms with van der Waals surface area (Å²) in [6, 6.07) is 12.7. The molecule has 1 aliphatic rings. The van der Waals surface area contributed by atoms with Crippen LogP contribution in [0.4, 0.5) is 5.82 Å². The lowest BCUT2D eigenvalue weighted by Crippen LogP contribution is -2.39. The molecule has 1 aromatic heterocycles. The molecule has 10 nitrogen and oxygen atoms in total. The smallest absolute Gasteiger partial charge is 0.330 e. The Labute approximate surface area is 202 Å². The molecule has 0 radical (unpaired) electrons. The van der Waals surface area contributed by atoms with Crippen LogP contribution in [-0.4, -0.2) is 45.0 Å². The zero-order valence-corrected chi connectivity index (χ0v) is 19.4. The van der Waals surface area contributed by atoms with Crippen LogP contribution in [0.25, 0.3) is 10.9 Å². The number of carboxylic acids is 1. The first-order valence-corrected chi connectivity index (χ1v) is 11.5. The van der Waals surface area contributed by atoms with Gasteiger partial charge in [-0.2, -0.15) is 0 Å². The maximum atomic E-state index is 13.1. The number of amides is 1. The van der Waals surface area contributed by atoms with E-state index in [0.29, 0.717) is 16.9 Å². The SMILES string of the molecule is Cc1ccc2nc(C(=O)N[C@@H](C(=O)O)c3ccccc3)nc(NC3CCCCC3N=C(N)N)c2c1. The Hall–Kier alpha value is -4.21. The van der Waals surface area contributed by atoms with Crippen LogP contribution in [0.15, 0.2) is 53.5 Å². The number of aryl methyl sites for hydroxylation is 1. The second kappa shape index (κ2) is 10.4. The Balaban J connectivity index is 1.69. The van der Waals surface area contributed by atoms with Gasteiger partial charge in [-0.15, -0.1) is 0 Å². The minimum atomic E-state index is -1.23. The molecule has 2 aromatic carbocycles. The van der Waals surface area contributed by atoms with Gasteiger partial charge in [0.15, 0.2) is 12.0 Å². The molecule has 1 aliphatic carbocycles. The largest absolute Gasteiger partial charge is 0.479 e. The molecule has 2 unspecified atom stereocenters. The predicted molar refractivity (Wildman–Crippen MR) is 134 cm³/mol. The summed E-state index contributed by atoms with van der Waals surface area (Å²) in [4.78, 5) is 38.3. The summed E-state index contributed by atoms with van der Waals surface area (Å²) in [5.41, 5.74) is 13.3. The van der Waals surface area contributed by atoms with Crippen molar-refractivity contribution in [2.24, 2.45) is 16.5 Å². The van der Waals surface area contributed by atoms with Gasteiger partial charge in [0.25, 0.3) is 5.91 Å². The Morgan fingerprint density at radius 1 is 1.09 bits per heavy atom. The van der Waals surface area contributed by atoms with Crippen LogP contribution in [-0.2, 0) is 4.79 Å². The zero-order valence-electron chi connectivity index (χ0n) is 19.4. The second-order valence-corrected chi connectivity index (χ2v) is 8.73. The number of hydrogen-bond donors (Lipinski definition) is 5. The van der Waals surface area contributed by atoms with E-state index in [1.807, 2.05) is 25.1 Å². The predicted octanol–water partition coefficient (Wildman–Crippen LogP) is 2.49. The van der Waals surface area contributed by atoms with Crippen LogP contribution in [0.1, 0.15) is 53.5 Å². The van der Waals surface area contributed by atoms with E-state index in [1.165, 1.54) is 0 Å². The summed E-state index contributed by atoms with van der Waals surface area (Å²) in [7, 11) is 0. The van der Waals surface area contributed by atoms with E-state index in [-0.39, 0.29) is 23.9 Å². The van der Waals surface area contributed by atoms with Crippen LogP contribution >= 0.6 is 0 Å². The first kappa shape index (κ1) is 23.9. The third kappa shape index (κ3) is 5.65. The molecule has 182 valence electrons. The maximum absolute atomic E-state index is 13.1. The molecule has 10 heteroatoms. The summed E-state index contributed by atoms with van der Waals surface area (Å²) in [5, 5.41) is 16.4. The molecule has 7 N–H and O–H groups in total. The van der Waals surface area contributed by atoms with Gasteiger partial charge >= 0.3 is 5.97 Å². The number of aliphatic carboxylic acids is 1. The van der Waals surface area contributed by atoms with Crippen LogP contribution < -0.4 is 22.1 Å². The third-order valence-electron chi connectivity index (χ3n) is 6.08. The second-order valence-electron chi connectivity index (χ2n) is 8.73. The number of aliphatic imine (C=N–C) groups is 1. The highest BCUT2D eigenvalue weighted by molar-refractivity contribution is 5.98. The molecular formula is C25H29N7O3. The molecule has 0 spiro atoms. The topological polar surface area (TPSA) is 169 Å². The minimum absolute atomic E-state index is 0.0350. The number of rotatable bonds is 7. The van der Waals surface area contributed by atoms with Crippen LogP contribution in [0.3, 0.4) is 0 Å². The van der Waals surface area contributed by atoms with Gasteiger partial charge in [0, 0.05) is 5.39 Å². The molecule has 4 rings (SSSR count). The van der Waals surface area contributed by atoms with Gasteiger partial charge < -0.3 is 27.2 Å². The molecule has 35 heavy (non-hydrogen) atoms.